The SMILES string of the molecule is Cc1ccc(C)c(CN2CCN(S(=O)(=O)c3cccc(F)c3)CC2)c1. The molecule has 134 valence electrons. The molecule has 2 aromatic rings. The number of hydrogen-bond donors (Lipinski definition) is 0. The Hall–Kier alpha value is -1.76. The van der Waals surface area contributed by atoms with Gasteiger partial charge in [-0.2, -0.15) is 4.31 Å². The van der Waals surface area contributed by atoms with Gasteiger partial charge in [-0.15, -0.1) is 0 Å². The molecule has 0 aromatic heterocycles. The van der Waals surface area contributed by atoms with Crippen LogP contribution >= 0.6 is 0 Å². The molecule has 0 aliphatic carbocycles. The molecule has 0 radical (unpaired) electrons. The van der Waals surface area contributed by atoms with Crippen molar-refractivity contribution in [1.29, 1.82) is 0 Å². The Kier molecular flexibility index (Phi) is 5.22. The molecule has 0 saturated carbocycles. The first kappa shape index (κ1) is 18.0. The number of piperazine rings is 1. The first-order valence-corrected chi connectivity index (χ1v) is 9.84. The van der Waals surface area contributed by atoms with Crippen LogP contribution in [0.1, 0.15) is 16.7 Å². The second-order valence-electron chi connectivity index (χ2n) is 6.57. The standard InChI is InChI=1S/C19H23FN2O2S/c1-15-6-7-16(2)17(12-15)14-21-8-10-22(11-9-21)25(23,24)19-5-3-4-18(20)13-19/h3-7,12-13H,8-11,14H2,1-2H3. The minimum absolute atomic E-state index is 0.0236. The highest BCUT2D eigenvalue weighted by atomic mass is 32.2. The molecule has 4 nitrogen and oxygen atoms in total. The molecule has 1 saturated heterocycles. The third kappa shape index (κ3) is 4.08. The fourth-order valence-electron chi connectivity index (χ4n) is 3.12. The van der Waals surface area contributed by atoms with Gasteiger partial charge in [0.15, 0.2) is 0 Å². The average molecular weight is 362 g/mol. The first-order chi connectivity index (χ1) is 11.9. The van der Waals surface area contributed by atoms with Gasteiger partial charge < -0.3 is 0 Å². The van der Waals surface area contributed by atoms with Crippen LogP contribution in [-0.2, 0) is 16.6 Å². The predicted molar refractivity (Wildman–Crippen MR) is 96.4 cm³/mol. The van der Waals surface area contributed by atoms with E-state index in [9.17, 15) is 12.8 Å². The summed E-state index contributed by atoms with van der Waals surface area (Å²) in [4.78, 5) is 2.29. The van der Waals surface area contributed by atoms with E-state index in [4.69, 9.17) is 0 Å². The summed E-state index contributed by atoms with van der Waals surface area (Å²) in [5, 5.41) is 0. The lowest BCUT2D eigenvalue weighted by Crippen LogP contribution is -2.48. The van der Waals surface area contributed by atoms with E-state index in [0.29, 0.717) is 26.2 Å². The fourth-order valence-corrected chi connectivity index (χ4v) is 4.57. The van der Waals surface area contributed by atoms with E-state index in [0.717, 1.165) is 12.6 Å². The topological polar surface area (TPSA) is 40.6 Å². The van der Waals surface area contributed by atoms with Crippen LogP contribution in [0.15, 0.2) is 47.4 Å². The minimum atomic E-state index is -3.63. The maximum absolute atomic E-state index is 13.3. The van der Waals surface area contributed by atoms with Crippen LogP contribution in [0.5, 0.6) is 0 Å². The molecule has 0 atom stereocenters. The molecule has 1 aliphatic rings. The number of rotatable bonds is 4. The van der Waals surface area contributed by atoms with E-state index in [1.807, 2.05) is 0 Å². The van der Waals surface area contributed by atoms with E-state index in [2.05, 4.69) is 36.9 Å². The maximum Gasteiger partial charge on any atom is 0.243 e. The number of sulfonamides is 1. The van der Waals surface area contributed by atoms with Gasteiger partial charge in [-0.1, -0.05) is 29.8 Å². The summed E-state index contributed by atoms with van der Waals surface area (Å²) in [7, 11) is -3.63. The van der Waals surface area contributed by atoms with Gasteiger partial charge in [0.1, 0.15) is 5.82 Å². The van der Waals surface area contributed by atoms with Crippen molar-refractivity contribution in [2.75, 3.05) is 26.2 Å². The van der Waals surface area contributed by atoms with E-state index in [-0.39, 0.29) is 4.90 Å². The van der Waals surface area contributed by atoms with Gasteiger partial charge in [0, 0.05) is 32.7 Å². The van der Waals surface area contributed by atoms with Crippen LogP contribution in [0.4, 0.5) is 4.39 Å². The quantitative estimate of drug-likeness (QED) is 0.840. The number of nitrogens with zero attached hydrogens (tertiary/aromatic N) is 2. The largest absolute Gasteiger partial charge is 0.296 e. The van der Waals surface area contributed by atoms with Crippen molar-refractivity contribution in [3.8, 4) is 0 Å². The summed E-state index contributed by atoms with van der Waals surface area (Å²) >= 11 is 0. The van der Waals surface area contributed by atoms with Crippen LogP contribution < -0.4 is 0 Å². The molecule has 1 fully saturated rings. The van der Waals surface area contributed by atoms with Crippen LogP contribution in [0, 0.1) is 19.7 Å². The summed E-state index contributed by atoms with van der Waals surface area (Å²) in [5.41, 5.74) is 3.76. The third-order valence-corrected chi connectivity index (χ3v) is 6.56. The number of hydrogen-bond acceptors (Lipinski definition) is 3. The highest BCUT2D eigenvalue weighted by Gasteiger charge is 2.28. The molecule has 2 aromatic carbocycles. The monoisotopic (exact) mass is 362 g/mol. The lowest BCUT2D eigenvalue weighted by molar-refractivity contribution is 0.181. The third-order valence-electron chi connectivity index (χ3n) is 4.66. The lowest BCUT2D eigenvalue weighted by Gasteiger charge is -2.34. The molecule has 1 heterocycles. The van der Waals surface area contributed by atoms with Crippen molar-refractivity contribution in [3.63, 3.8) is 0 Å². The minimum Gasteiger partial charge on any atom is -0.296 e. The van der Waals surface area contributed by atoms with E-state index in [1.54, 1.807) is 0 Å². The molecule has 0 amide bonds. The Labute approximate surface area is 148 Å². The molecule has 1 aliphatic heterocycles. The fraction of sp³-hybridized carbons (Fsp3) is 0.368. The molecule has 0 N–H and O–H groups in total. The van der Waals surface area contributed by atoms with Gasteiger partial charge in [-0.3, -0.25) is 4.90 Å². The normalized spacial score (nSPS) is 16.9. The van der Waals surface area contributed by atoms with Crippen molar-refractivity contribution in [2.45, 2.75) is 25.3 Å². The Bertz CT molecular complexity index is 859. The van der Waals surface area contributed by atoms with Crippen LogP contribution in [-0.4, -0.2) is 43.8 Å². The van der Waals surface area contributed by atoms with Crippen molar-refractivity contribution >= 4 is 10.0 Å². The van der Waals surface area contributed by atoms with Crippen LogP contribution in [0.2, 0.25) is 0 Å². The molecular weight excluding hydrogens is 339 g/mol. The molecule has 6 heteroatoms. The number of halogens is 1. The Morgan fingerprint density at radius 2 is 1.72 bits per heavy atom. The zero-order valence-electron chi connectivity index (χ0n) is 14.6. The van der Waals surface area contributed by atoms with Gasteiger partial charge >= 0.3 is 0 Å². The smallest absolute Gasteiger partial charge is 0.243 e. The summed E-state index contributed by atoms with van der Waals surface area (Å²) in [5.74, 6) is -0.533. The predicted octanol–water partition coefficient (Wildman–Crippen LogP) is 2.95. The van der Waals surface area contributed by atoms with Crippen molar-refractivity contribution < 1.29 is 12.8 Å². The lowest BCUT2D eigenvalue weighted by atomic mass is 10.1. The van der Waals surface area contributed by atoms with Gasteiger partial charge in [-0.05, 0) is 43.2 Å². The molecular formula is C19H23FN2O2S. The summed E-state index contributed by atoms with van der Waals surface area (Å²) < 4.78 is 40.1. The number of benzene rings is 2. The molecule has 0 bridgehead atoms. The maximum atomic E-state index is 13.3. The number of aryl methyl sites for hydroxylation is 2. The van der Waals surface area contributed by atoms with Crippen molar-refractivity contribution in [3.05, 3.63) is 65.0 Å². The molecule has 3 rings (SSSR count). The van der Waals surface area contributed by atoms with E-state index in [1.165, 1.54) is 39.2 Å². The summed E-state index contributed by atoms with van der Waals surface area (Å²) in [6, 6.07) is 11.6. The van der Waals surface area contributed by atoms with Gasteiger partial charge in [0.2, 0.25) is 10.0 Å². The van der Waals surface area contributed by atoms with Gasteiger partial charge in [-0.25, -0.2) is 12.8 Å². The molecule has 0 unspecified atom stereocenters. The average Bonchev–Trinajstić information content (AvgIpc) is 2.59. The van der Waals surface area contributed by atoms with Crippen LogP contribution in [0.25, 0.3) is 0 Å². The van der Waals surface area contributed by atoms with E-state index < -0.39 is 15.8 Å². The van der Waals surface area contributed by atoms with Gasteiger partial charge in [0.25, 0.3) is 0 Å². The first-order valence-electron chi connectivity index (χ1n) is 8.40. The Morgan fingerprint density at radius 3 is 2.40 bits per heavy atom. The zero-order chi connectivity index (χ0) is 18.0. The second kappa shape index (κ2) is 7.23. The van der Waals surface area contributed by atoms with Crippen molar-refractivity contribution in [2.24, 2.45) is 0 Å². The zero-order valence-corrected chi connectivity index (χ0v) is 15.4. The summed E-state index contributed by atoms with van der Waals surface area (Å²) in [6.07, 6.45) is 0. The van der Waals surface area contributed by atoms with Crippen LogP contribution in [0.3, 0.4) is 0 Å². The Balaban J connectivity index is 1.66. The molecule has 25 heavy (non-hydrogen) atoms. The second-order valence-corrected chi connectivity index (χ2v) is 8.51. The highest BCUT2D eigenvalue weighted by molar-refractivity contribution is 7.89. The Morgan fingerprint density at radius 1 is 1.00 bits per heavy atom. The van der Waals surface area contributed by atoms with E-state index >= 15 is 0 Å². The summed E-state index contributed by atoms with van der Waals surface area (Å²) in [6.45, 7) is 7.17. The van der Waals surface area contributed by atoms with Gasteiger partial charge in [0.05, 0.1) is 4.90 Å². The highest BCUT2D eigenvalue weighted by Crippen LogP contribution is 2.20. The molecule has 0 spiro atoms. The van der Waals surface area contributed by atoms with Crippen molar-refractivity contribution in [1.82, 2.24) is 9.21 Å².